The Morgan fingerprint density at radius 1 is 1.21 bits per heavy atom. The monoisotopic (exact) mass is 374 g/mol. The standard InChI is InChI=1S/C21H22N6O/c1-14(2)3-8-19(28)15-4-6-17(7-5-15)26-20-21-24-13-25-27(21)18(12-23-20)16-9-10-22-11-16/h4-7,9,11-14H,3,8,10H2,1-2H3,(H,23,26). The van der Waals surface area contributed by atoms with Crippen molar-refractivity contribution in [3.63, 3.8) is 0 Å². The van der Waals surface area contributed by atoms with Gasteiger partial charge in [-0.3, -0.25) is 9.79 Å². The first-order valence-electron chi connectivity index (χ1n) is 9.41. The molecule has 0 radical (unpaired) electrons. The van der Waals surface area contributed by atoms with Crippen molar-refractivity contribution < 1.29 is 4.79 Å². The minimum absolute atomic E-state index is 0.175. The van der Waals surface area contributed by atoms with Crippen molar-refractivity contribution in [3.05, 3.63) is 54.1 Å². The number of carbonyl (C=O) groups excluding carboxylic acids is 1. The van der Waals surface area contributed by atoms with Crippen molar-refractivity contribution in [2.75, 3.05) is 11.9 Å². The number of ketones is 1. The Kier molecular flexibility index (Phi) is 4.97. The van der Waals surface area contributed by atoms with Gasteiger partial charge < -0.3 is 5.32 Å². The number of fused-ring (bicyclic) bond motifs is 1. The van der Waals surface area contributed by atoms with Gasteiger partial charge in [-0.05, 0) is 36.6 Å². The topological polar surface area (TPSA) is 84.5 Å². The normalized spacial score (nSPS) is 13.3. The summed E-state index contributed by atoms with van der Waals surface area (Å²) in [5.74, 6) is 1.31. The molecule has 0 spiro atoms. The minimum Gasteiger partial charge on any atom is -0.337 e. The fraction of sp³-hybridized carbons (Fsp3) is 0.286. The third-order valence-electron chi connectivity index (χ3n) is 4.66. The van der Waals surface area contributed by atoms with E-state index in [9.17, 15) is 4.79 Å². The molecular weight excluding hydrogens is 352 g/mol. The molecule has 1 aliphatic rings. The molecule has 0 atom stereocenters. The summed E-state index contributed by atoms with van der Waals surface area (Å²) in [6.45, 7) is 4.92. The molecule has 0 aliphatic carbocycles. The molecule has 0 saturated carbocycles. The van der Waals surface area contributed by atoms with E-state index in [1.54, 1.807) is 10.7 Å². The van der Waals surface area contributed by atoms with E-state index in [1.807, 2.05) is 36.6 Å². The summed E-state index contributed by atoms with van der Waals surface area (Å²) in [6, 6.07) is 7.47. The van der Waals surface area contributed by atoms with Gasteiger partial charge in [0.15, 0.2) is 17.2 Å². The second-order valence-corrected chi connectivity index (χ2v) is 7.20. The first-order valence-corrected chi connectivity index (χ1v) is 9.41. The molecular formula is C21H22N6O. The summed E-state index contributed by atoms with van der Waals surface area (Å²) in [7, 11) is 0. The van der Waals surface area contributed by atoms with Gasteiger partial charge >= 0.3 is 0 Å². The second kappa shape index (κ2) is 7.72. The number of Topliss-reactive ketones (excluding diaryl/α,β-unsaturated/α-hetero) is 1. The SMILES string of the molecule is CC(C)CCC(=O)c1ccc(Nc2ncc(C3=CCN=C3)n3ncnc23)cc1. The van der Waals surface area contributed by atoms with Crippen LogP contribution in [0.4, 0.5) is 11.5 Å². The zero-order valence-electron chi connectivity index (χ0n) is 16.0. The Labute approximate surface area is 163 Å². The number of hydrogen-bond donors (Lipinski definition) is 1. The van der Waals surface area contributed by atoms with Crippen LogP contribution in [-0.4, -0.2) is 38.1 Å². The number of aliphatic imine (C=N–C) groups is 1. The van der Waals surface area contributed by atoms with E-state index < -0.39 is 0 Å². The molecule has 0 bridgehead atoms. The Hall–Kier alpha value is -3.35. The summed E-state index contributed by atoms with van der Waals surface area (Å²) in [4.78, 5) is 25.3. The summed E-state index contributed by atoms with van der Waals surface area (Å²) in [5, 5.41) is 7.58. The van der Waals surface area contributed by atoms with Crippen LogP contribution in [0.25, 0.3) is 11.2 Å². The molecule has 1 aromatic carbocycles. The van der Waals surface area contributed by atoms with Crippen LogP contribution in [-0.2, 0) is 0 Å². The van der Waals surface area contributed by atoms with Crippen LogP contribution >= 0.6 is 0 Å². The average Bonchev–Trinajstić information content (AvgIpc) is 3.39. The first kappa shape index (κ1) is 18.0. The van der Waals surface area contributed by atoms with Crippen LogP contribution in [0.2, 0.25) is 0 Å². The van der Waals surface area contributed by atoms with Gasteiger partial charge in [-0.25, -0.2) is 14.5 Å². The van der Waals surface area contributed by atoms with Gasteiger partial charge in [-0.2, -0.15) is 5.10 Å². The molecule has 4 rings (SSSR count). The number of allylic oxidation sites excluding steroid dienone is 1. The van der Waals surface area contributed by atoms with Gasteiger partial charge in [0.2, 0.25) is 0 Å². The molecule has 1 N–H and O–H groups in total. The molecule has 0 unspecified atom stereocenters. The van der Waals surface area contributed by atoms with Crippen molar-refractivity contribution in [2.24, 2.45) is 10.9 Å². The minimum atomic E-state index is 0.175. The van der Waals surface area contributed by atoms with Crippen LogP contribution in [0.1, 0.15) is 42.7 Å². The third-order valence-corrected chi connectivity index (χ3v) is 4.66. The quantitative estimate of drug-likeness (QED) is 0.633. The van der Waals surface area contributed by atoms with Gasteiger partial charge in [0, 0.05) is 29.5 Å². The highest BCUT2D eigenvalue weighted by Crippen LogP contribution is 2.23. The largest absolute Gasteiger partial charge is 0.337 e. The molecule has 2 aromatic heterocycles. The second-order valence-electron chi connectivity index (χ2n) is 7.20. The van der Waals surface area contributed by atoms with Crippen LogP contribution in [0, 0.1) is 5.92 Å². The highest BCUT2D eigenvalue weighted by atomic mass is 16.1. The number of benzene rings is 1. The molecule has 0 saturated heterocycles. The fourth-order valence-electron chi connectivity index (χ4n) is 3.07. The fourth-order valence-corrected chi connectivity index (χ4v) is 3.07. The molecule has 3 aromatic rings. The highest BCUT2D eigenvalue weighted by molar-refractivity contribution is 6.11. The van der Waals surface area contributed by atoms with Crippen molar-refractivity contribution in [1.29, 1.82) is 0 Å². The first-order chi connectivity index (χ1) is 13.6. The van der Waals surface area contributed by atoms with Gasteiger partial charge in [0.25, 0.3) is 0 Å². The van der Waals surface area contributed by atoms with E-state index >= 15 is 0 Å². The average molecular weight is 374 g/mol. The van der Waals surface area contributed by atoms with Crippen molar-refractivity contribution in [2.45, 2.75) is 26.7 Å². The van der Waals surface area contributed by atoms with Gasteiger partial charge in [0.05, 0.1) is 18.4 Å². The molecule has 7 heteroatoms. The van der Waals surface area contributed by atoms with Gasteiger partial charge in [-0.15, -0.1) is 0 Å². The summed E-state index contributed by atoms with van der Waals surface area (Å²) >= 11 is 0. The highest BCUT2D eigenvalue weighted by Gasteiger charge is 2.14. The maximum atomic E-state index is 12.3. The van der Waals surface area contributed by atoms with Crippen LogP contribution in [0.3, 0.4) is 0 Å². The lowest BCUT2D eigenvalue weighted by Gasteiger charge is -2.10. The zero-order valence-corrected chi connectivity index (χ0v) is 16.0. The van der Waals surface area contributed by atoms with E-state index in [-0.39, 0.29) is 5.78 Å². The molecule has 142 valence electrons. The smallest absolute Gasteiger partial charge is 0.199 e. The van der Waals surface area contributed by atoms with E-state index in [0.29, 0.717) is 30.3 Å². The Morgan fingerprint density at radius 2 is 2.04 bits per heavy atom. The molecule has 28 heavy (non-hydrogen) atoms. The van der Waals surface area contributed by atoms with Gasteiger partial charge in [0.1, 0.15) is 6.33 Å². The Bertz CT molecular complexity index is 1060. The Balaban J connectivity index is 1.54. The van der Waals surface area contributed by atoms with E-state index in [4.69, 9.17) is 0 Å². The molecule has 1 aliphatic heterocycles. The lowest BCUT2D eigenvalue weighted by molar-refractivity contribution is 0.0975. The van der Waals surface area contributed by atoms with Crippen LogP contribution in [0.15, 0.2) is 47.9 Å². The Morgan fingerprint density at radius 3 is 2.75 bits per heavy atom. The summed E-state index contributed by atoms with van der Waals surface area (Å²) in [6.07, 6.45) is 8.60. The van der Waals surface area contributed by atoms with E-state index in [0.717, 1.165) is 28.9 Å². The molecule has 0 fully saturated rings. The third kappa shape index (κ3) is 3.69. The van der Waals surface area contributed by atoms with Crippen molar-refractivity contribution in [3.8, 4) is 0 Å². The lowest BCUT2D eigenvalue weighted by atomic mass is 10.0. The molecule has 0 amide bonds. The number of carbonyl (C=O) groups is 1. The van der Waals surface area contributed by atoms with E-state index in [1.165, 1.54) is 6.33 Å². The number of nitrogens with zero attached hydrogens (tertiary/aromatic N) is 5. The number of anilines is 2. The maximum absolute atomic E-state index is 12.3. The van der Waals surface area contributed by atoms with Crippen molar-refractivity contribution in [1.82, 2.24) is 19.6 Å². The maximum Gasteiger partial charge on any atom is 0.199 e. The predicted molar refractivity (Wildman–Crippen MR) is 110 cm³/mol. The number of hydrogen-bond acceptors (Lipinski definition) is 6. The number of rotatable bonds is 7. The van der Waals surface area contributed by atoms with Crippen LogP contribution < -0.4 is 5.32 Å². The van der Waals surface area contributed by atoms with Crippen molar-refractivity contribution >= 4 is 34.7 Å². The predicted octanol–water partition coefficient (Wildman–Crippen LogP) is 3.95. The van der Waals surface area contributed by atoms with Gasteiger partial charge in [-0.1, -0.05) is 19.9 Å². The summed E-state index contributed by atoms with van der Waals surface area (Å²) in [5.41, 5.74) is 4.04. The van der Waals surface area contributed by atoms with Crippen LogP contribution in [0.5, 0.6) is 0 Å². The lowest BCUT2D eigenvalue weighted by Crippen LogP contribution is -2.05. The number of nitrogens with one attached hydrogen (secondary N) is 1. The molecule has 7 nitrogen and oxygen atoms in total. The number of aromatic nitrogens is 4. The zero-order chi connectivity index (χ0) is 19.5. The van der Waals surface area contributed by atoms with E-state index in [2.05, 4.69) is 39.2 Å². The summed E-state index contributed by atoms with van der Waals surface area (Å²) < 4.78 is 1.75. The molecule has 3 heterocycles.